The summed E-state index contributed by atoms with van der Waals surface area (Å²) < 4.78 is 10.7. The number of pyridine rings is 1. The van der Waals surface area contributed by atoms with Gasteiger partial charge in [-0.3, -0.25) is 14.9 Å². The summed E-state index contributed by atoms with van der Waals surface area (Å²) in [5.74, 6) is 0.190. The van der Waals surface area contributed by atoms with E-state index in [1.807, 2.05) is 30.3 Å². The Labute approximate surface area is 181 Å². The quantitative estimate of drug-likeness (QED) is 0.478. The van der Waals surface area contributed by atoms with Crippen LogP contribution in [-0.2, 0) is 0 Å². The van der Waals surface area contributed by atoms with Crippen molar-refractivity contribution in [1.29, 1.82) is 0 Å². The average Bonchev–Trinajstić information content (AvgIpc) is 3.26. The smallest absolute Gasteiger partial charge is 0.260 e. The number of nitrogens with zero attached hydrogens (tertiary/aromatic N) is 2. The van der Waals surface area contributed by atoms with E-state index in [9.17, 15) is 9.59 Å². The maximum atomic E-state index is 13.1. The lowest BCUT2D eigenvalue weighted by molar-refractivity contribution is 0.100. The minimum Gasteiger partial charge on any atom is -0.493 e. The van der Waals surface area contributed by atoms with Gasteiger partial charge in [-0.1, -0.05) is 29.5 Å². The number of fused-ring (bicyclic) bond motifs is 1. The van der Waals surface area contributed by atoms with Crippen molar-refractivity contribution in [2.45, 2.75) is 0 Å². The number of nitrogens with two attached hydrogens (primary N) is 1. The molecule has 0 aliphatic carbocycles. The average molecular weight is 434 g/mol. The first-order valence-corrected chi connectivity index (χ1v) is 10.0. The fourth-order valence-electron chi connectivity index (χ4n) is 3.12. The van der Waals surface area contributed by atoms with Gasteiger partial charge >= 0.3 is 0 Å². The topological polar surface area (TPSA) is 116 Å². The molecule has 4 rings (SSSR count). The molecule has 0 saturated heterocycles. The summed E-state index contributed by atoms with van der Waals surface area (Å²) in [6, 6.07) is 14.5. The molecule has 3 N–H and O–H groups in total. The monoisotopic (exact) mass is 434 g/mol. The van der Waals surface area contributed by atoms with Crippen LogP contribution in [0.25, 0.3) is 22.2 Å². The SMILES string of the molecule is COc1ccc(-c2cc(C(=O)Nc3ncc(C(N)=O)s3)c3ccccc3n2)cc1OC. The molecule has 0 atom stereocenters. The molecule has 0 bridgehead atoms. The Morgan fingerprint density at radius 2 is 1.81 bits per heavy atom. The number of aromatic nitrogens is 2. The van der Waals surface area contributed by atoms with Crippen LogP contribution in [0.1, 0.15) is 20.0 Å². The maximum absolute atomic E-state index is 13.1. The molecule has 31 heavy (non-hydrogen) atoms. The van der Waals surface area contributed by atoms with Gasteiger partial charge in [0.2, 0.25) is 0 Å². The summed E-state index contributed by atoms with van der Waals surface area (Å²) >= 11 is 1.02. The molecular formula is C22H18N4O4S. The molecule has 0 spiro atoms. The third-order valence-electron chi connectivity index (χ3n) is 4.61. The molecule has 0 unspecified atom stereocenters. The van der Waals surface area contributed by atoms with E-state index in [1.54, 1.807) is 32.4 Å². The van der Waals surface area contributed by atoms with Crippen LogP contribution in [0.4, 0.5) is 5.13 Å². The Morgan fingerprint density at radius 3 is 2.52 bits per heavy atom. The zero-order valence-corrected chi connectivity index (χ0v) is 17.5. The summed E-state index contributed by atoms with van der Waals surface area (Å²) in [6.07, 6.45) is 1.34. The highest BCUT2D eigenvalue weighted by molar-refractivity contribution is 7.17. The van der Waals surface area contributed by atoms with Crippen LogP contribution in [0.2, 0.25) is 0 Å². The predicted molar refractivity (Wildman–Crippen MR) is 119 cm³/mol. The van der Waals surface area contributed by atoms with Crippen molar-refractivity contribution in [2.75, 3.05) is 19.5 Å². The van der Waals surface area contributed by atoms with E-state index in [0.717, 1.165) is 16.9 Å². The molecule has 0 saturated carbocycles. The van der Waals surface area contributed by atoms with Crippen molar-refractivity contribution < 1.29 is 19.1 Å². The van der Waals surface area contributed by atoms with E-state index in [1.165, 1.54) is 6.20 Å². The Kier molecular flexibility index (Phi) is 5.50. The second kappa shape index (κ2) is 8.41. The number of carbonyl (C=O) groups is 2. The van der Waals surface area contributed by atoms with E-state index >= 15 is 0 Å². The number of ether oxygens (including phenoxy) is 2. The number of primary amides is 1. The second-order valence-electron chi connectivity index (χ2n) is 6.49. The van der Waals surface area contributed by atoms with Crippen molar-refractivity contribution in [3.05, 3.63) is 65.2 Å². The molecule has 2 amide bonds. The first-order valence-electron chi connectivity index (χ1n) is 9.19. The largest absolute Gasteiger partial charge is 0.493 e. The summed E-state index contributed by atoms with van der Waals surface area (Å²) in [6.45, 7) is 0. The van der Waals surface area contributed by atoms with Gasteiger partial charge in [0.1, 0.15) is 4.88 Å². The molecular weight excluding hydrogens is 416 g/mol. The molecule has 9 heteroatoms. The number of hydrogen-bond donors (Lipinski definition) is 2. The van der Waals surface area contributed by atoms with Gasteiger partial charge < -0.3 is 15.2 Å². The highest BCUT2D eigenvalue weighted by atomic mass is 32.1. The Bertz CT molecular complexity index is 1300. The summed E-state index contributed by atoms with van der Waals surface area (Å²) in [5, 5.41) is 3.71. The van der Waals surface area contributed by atoms with Crippen LogP contribution < -0.4 is 20.5 Å². The molecule has 2 heterocycles. The van der Waals surface area contributed by atoms with E-state index in [4.69, 9.17) is 20.2 Å². The number of hydrogen-bond acceptors (Lipinski definition) is 7. The lowest BCUT2D eigenvalue weighted by Gasteiger charge is -2.12. The Morgan fingerprint density at radius 1 is 1.03 bits per heavy atom. The number of anilines is 1. The first kappa shape index (κ1) is 20.3. The summed E-state index contributed by atoms with van der Waals surface area (Å²) in [5.41, 5.74) is 7.71. The summed E-state index contributed by atoms with van der Waals surface area (Å²) in [7, 11) is 3.12. The van der Waals surface area contributed by atoms with Crippen LogP contribution in [0.3, 0.4) is 0 Å². The van der Waals surface area contributed by atoms with Gasteiger partial charge in [0, 0.05) is 10.9 Å². The molecule has 0 aliphatic heterocycles. The lowest BCUT2D eigenvalue weighted by Crippen LogP contribution is -2.13. The molecule has 4 aromatic rings. The summed E-state index contributed by atoms with van der Waals surface area (Å²) in [4.78, 5) is 33.4. The molecule has 0 aliphatic rings. The molecule has 156 valence electrons. The maximum Gasteiger partial charge on any atom is 0.260 e. The van der Waals surface area contributed by atoms with Crippen LogP contribution in [0.5, 0.6) is 11.5 Å². The van der Waals surface area contributed by atoms with Crippen molar-refractivity contribution in [3.8, 4) is 22.8 Å². The number of rotatable bonds is 6. The molecule has 8 nitrogen and oxygen atoms in total. The minimum atomic E-state index is -0.594. The molecule has 0 fully saturated rings. The Hall–Kier alpha value is -3.98. The number of amides is 2. The zero-order valence-electron chi connectivity index (χ0n) is 16.7. The number of carbonyl (C=O) groups excluding carboxylic acids is 2. The van der Waals surface area contributed by atoms with E-state index in [-0.39, 0.29) is 15.9 Å². The van der Waals surface area contributed by atoms with Crippen molar-refractivity contribution in [2.24, 2.45) is 5.73 Å². The van der Waals surface area contributed by atoms with Crippen LogP contribution >= 0.6 is 11.3 Å². The molecule has 2 aromatic carbocycles. The third kappa shape index (κ3) is 4.03. The third-order valence-corrected chi connectivity index (χ3v) is 5.54. The van der Waals surface area contributed by atoms with Gasteiger partial charge in [-0.2, -0.15) is 0 Å². The van der Waals surface area contributed by atoms with Crippen molar-refractivity contribution in [1.82, 2.24) is 9.97 Å². The van der Waals surface area contributed by atoms with Gasteiger partial charge in [0.25, 0.3) is 11.8 Å². The van der Waals surface area contributed by atoms with Crippen LogP contribution in [-0.4, -0.2) is 36.0 Å². The minimum absolute atomic E-state index is 0.265. The highest BCUT2D eigenvalue weighted by Crippen LogP contribution is 2.33. The van der Waals surface area contributed by atoms with Gasteiger partial charge in [0.05, 0.1) is 37.2 Å². The standard InChI is InChI=1S/C22H18N4O4S/c1-29-17-8-7-12(9-18(17)30-2)16-10-14(13-5-3-4-6-15(13)25-16)21(28)26-22-24-11-19(31-22)20(23)27/h3-11H,1-2H3,(H2,23,27)(H,24,26,28). The zero-order chi connectivity index (χ0) is 22.0. The molecule has 2 aromatic heterocycles. The number of methoxy groups -OCH3 is 2. The fraction of sp³-hybridized carbons (Fsp3) is 0.0909. The second-order valence-corrected chi connectivity index (χ2v) is 7.52. The Balaban J connectivity index is 1.78. The number of thiazole rings is 1. The van der Waals surface area contributed by atoms with Crippen molar-refractivity contribution >= 4 is 39.2 Å². The molecule has 0 radical (unpaired) electrons. The number of para-hydroxylation sites is 1. The van der Waals surface area contributed by atoms with Gasteiger partial charge in [-0.15, -0.1) is 0 Å². The van der Waals surface area contributed by atoms with E-state index in [2.05, 4.69) is 10.3 Å². The van der Waals surface area contributed by atoms with Gasteiger partial charge in [0.15, 0.2) is 16.6 Å². The number of nitrogens with one attached hydrogen (secondary N) is 1. The fourth-order valence-corrected chi connectivity index (χ4v) is 3.78. The normalized spacial score (nSPS) is 10.6. The van der Waals surface area contributed by atoms with Crippen LogP contribution in [0, 0.1) is 0 Å². The van der Waals surface area contributed by atoms with E-state index < -0.39 is 5.91 Å². The lowest BCUT2D eigenvalue weighted by atomic mass is 10.0. The van der Waals surface area contributed by atoms with Crippen LogP contribution in [0.15, 0.2) is 54.7 Å². The van der Waals surface area contributed by atoms with Gasteiger partial charge in [-0.05, 0) is 30.3 Å². The number of benzene rings is 2. The predicted octanol–water partition coefficient (Wildman–Crippen LogP) is 3.73. The van der Waals surface area contributed by atoms with Crippen molar-refractivity contribution in [3.63, 3.8) is 0 Å². The first-order chi connectivity index (χ1) is 15.0. The van der Waals surface area contributed by atoms with Gasteiger partial charge in [-0.25, -0.2) is 9.97 Å². The highest BCUT2D eigenvalue weighted by Gasteiger charge is 2.17. The van der Waals surface area contributed by atoms with E-state index in [0.29, 0.717) is 33.7 Å².